The molecule has 1 N–H and O–H groups in total. The number of allylic oxidation sites excluding steroid dienone is 3. The zero-order chi connectivity index (χ0) is 12.5. The summed E-state index contributed by atoms with van der Waals surface area (Å²) < 4.78 is 5.54. The summed E-state index contributed by atoms with van der Waals surface area (Å²) in [4.78, 5) is 20.5. The zero-order valence-electron chi connectivity index (χ0n) is 10.2. The Hall–Kier alpha value is -1.91. The molecule has 18 heavy (non-hydrogen) atoms. The monoisotopic (exact) mass is 245 g/mol. The molecule has 3 heterocycles. The highest BCUT2D eigenvalue weighted by atomic mass is 16.5. The van der Waals surface area contributed by atoms with Crippen LogP contribution in [0.5, 0.6) is 0 Å². The Morgan fingerprint density at radius 3 is 3.28 bits per heavy atom. The Labute approximate surface area is 105 Å². The highest BCUT2D eigenvalue weighted by Crippen LogP contribution is 2.36. The average molecular weight is 245 g/mol. The summed E-state index contributed by atoms with van der Waals surface area (Å²) in [6, 6.07) is 0. The summed E-state index contributed by atoms with van der Waals surface area (Å²) in [6.45, 7) is 0.420. The Bertz CT molecular complexity index is 502. The number of ether oxygens (including phenoxy) is 1. The molecule has 1 fully saturated rings. The van der Waals surface area contributed by atoms with Gasteiger partial charge < -0.3 is 10.1 Å². The topological polar surface area (TPSA) is 63.0 Å². The van der Waals surface area contributed by atoms with Crippen LogP contribution in [0.1, 0.15) is 12.8 Å². The van der Waals surface area contributed by atoms with Crippen LogP contribution in [0.2, 0.25) is 0 Å². The lowest BCUT2D eigenvalue weighted by Crippen LogP contribution is -2.33. The van der Waals surface area contributed by atoms with E-state index < -0.39 is 0 Å². The maximum absolute atomic E-state index is 11.8. The van der Waals surface area contributed by atoms with Crippen molar-refractivity contribution in [1.82, 2.24) is 5.32 Å². The fraction of sp³-hybridized carbons (Fsp3) is 0.462. The minimum atomic E-state index is -0.126. The molecule has 5 nitrogen and oxygen atoms in total. The van der Waals surface area contributed by atoms with E-state index in [9.17, 15) is 4.79 Å². The third-order valence-corrected chi connectivity index (χ3v) is 3.58. The quantitative estimate of drug-likeness (QED) is 0.750. The summed E-state index contributed by atoms with van der Waals surface area (Å²) in [5.41, 5.74) is 1.19. The number of aliphatic imine (C=N–C) groups is 2. The summed E-state index contributed by atoms with van der Waals surface area (Å²) in [7, 11) is 1.66. The van der Waals surface area contributed by atoms with Gasteiger partial charge in [0.2, 0.25) is 5.91 Å². The minimum absolute atomic E-state index is 0.0296. The molecule has 2 unspecified atom stereocenters. The molecule has 0 aromatic carbocycles. The molecular weight excluding hydrogens is 230 g/mol. The van der Waals surface area contributed by atoms with E-state index in [1.807, 2.05) is 6.08 Å². The molecule has 0 spiro atoms. The molecular formula is C13H15N3O2. The molecule has 0 aliphatic carbocycles. The van der Waals surface area contributed by atoms with Gasteiger partial charge in [0, 0.05) is 13.3 Å². The van der Waals surface area contributed by atoms with Gasteiger partial charge in [0.15, 0.2) is 11.7 Å². The largest absolute Gasteiger partial charge is 0.480 e. The molecule has 2 atom stereocenters. The van der Waals surface area contributed by atoms with Crippen LogP contribution in [0.3, 0.4) is 0 Å². The van der Waals surface area contributed by atoms with Crippen molar-refractivity contribution >= 4 is 18.0 Å². The van der Waals surface area contributed by atoms with E-state index in [2.05, 4.69) is 21.4 Å². The summed E-state index contributed by atoms with van der Waals surface area (Å²) in [5, 5.41) is 2.69. The smallest absolute Gasteiger partial charge is 0.227 e. The van der Waals surface area contributed by atoms with Crippen LogP contribution in [0.25, 0.3) is 0 Å². The molecule has 3 aliphatic heterocycles. The SMILES string of the molecule is CNC(=O)C1COC2=NC3=C(CC=CC=N3)CC21. The predicted octanol–water partition coefficient (Wildman–Crippen LogP) is 1.04. The highest BCUT2D eigenvalue weighted by molar-refractivity contribution is 5.92. The fourth-order valence-corrected chi connectivity index (χ4v) is 2.58. The first kappa shape index (κ1) is 11.2. The Morgan fingerprint density at radius 1 is 1.56 bits per heavy atom. The van der Waals surface area contributed by atoms with Gasteiger partial charge in [-0.15, -0.1) is 0 Å². The van der Waals surface area contributed by atoms with E-state index >= 15 is 0 Å². The molecule has 3 rings (SSSR count). The van der Waals surface area contributed by atoms with Gasteiger partial charge in [-0.25, -0.2) is 4.99 Å². The zero-order valence-corrected chi connectivity index (χ0v) is 10.2. The number of hydrogen-bond acceptors (Lipinski definition) is 4. The third-order valence-electron chi connectivity index (χ3n) is 3.58. The van der Waals surface area contributed by atoms with Crippen molar-refractivity contribution in [3.63, 3.8) is 0 Å². The lowest BCUT2D eigenvalue weighted by Gasteiger charge is -2.20. The van der Waals surface area contributed by atoms with E-state index in [1.165, 1.54) is 5.57 Å². The second-order valence-electron chi connectivity index (χ2n) is 4.63. The lowest BCUT2D eigenvalue weighted by molar-refractivity contribution is -0.125. The number of carbonyl (C=O) groups is 1. The van der Waals surface area contributed by atoms with E-state index in [0.29, 0.717) is 12.5 Å². The lowest BCUT2D eigenvalue weighted by atomic mass is 9.85. The van der Waals surface area contributed by atoms with Crippen molar-refractivity contribution in [3.8, 4) is 0 Å². The van der Waals surface area contributed by atoms with Crippen molar-refractivity contribution in [1.29, 1.82) is 0 Å². The normalized spacial score (nSPS) is 29.1. The number of amides is 1. The second kappa shape index (κ2) is 4.40. The van der Waals surface area contributed by atoms with Crippen molar-refractivity contribution in [2.24, 2.45) is 21.8 Å². The van der Waals surface area contributed by atoms with Crippen molar-refractivity contribution < 1.29 is 9.53 Å². The van der Waals surface area contributed by atoms with Gasteiger partial charge in [-0.1, -0.05) is 6.08 Å². The van der Waals surface area contributed by atoms with Crippen molar-refractivity contribution in [2.45, 2.75) is 12.8 Å². The van der Waals surface area contributed by atoms with E-state index in [1.54, 1.807) is 13.3 Å². The fourth-order valence-electron chi connectivity index (χ4n) is 2.58. The first-order chi connectivity index (χ1) is 8.79. The maximum Gasteiger partial charge on any atom is 0.227 e. The predicted molar refractivity (Wildman–Crippen MR) is 68.3 cm³/mol. The molecule has 5 heteroatoms. The van der Waals surface area contributed by atoms with Crippen LogP contribution in [0, 0.1) is 11.8 Å². The van der Waals surface area contributed by atoms with Gasteiger partial charge in [-0.05, 0) is 24.5 Å². The van der Waals surface area contributed by atoms with Crippen LogP contribution < -0.4 is 5.32 Å². The van der Waals surface area contributed by atoms with Crippen molar-refractivity contribution in [3.05, 3.63) is 23.5 Å². The molecule has 0 aromatic rings. The molecule has 0 bridgehead atoms. The van der Waals surface area contributed by atoms with Gasteiger partial charge in [0.05, 0.1) is 11.8 Å². The number of fused-ring (bicyclic) bond motifs is 1. The van der Waals surface area contributed by atoms with Crippen LogP contribution in [-0.4, -0.2) is 31.7 Å². The second-order valence-corrected chi connectivity index (χ2v) is 4.63. The van der Waals surface area contributed by atoms with E-state index in [0.717, 1.165) is 18.7 Å². The average Bonchev–Trinajstić information content (AvgIpc) is 2.65. The Balaban J connectivity index is 1.88. The number of carbonyl (C=O) groups excluding carboxylic acids is 1. The molecule has 1 saturated heterocycles. The van der Waals surface area contributed by atoms with E-state index in [4.69, 9.17) is 4.74 Å². The van der Waals surface area contributed by atoms with Crippen LogP contribution in [0.4, 0.5) is 0 Å². The van der Waals surface area contributed by atoms with Crippen molar-refractivity contribution in [2.75, 3.05) is 13.7 Å². The van der Waals surface area contributed by atoms with E-state index in [-0.39, 0.29) is 17.7 Å². The Morgan fingerprint density at radius 2 is 2.44 bits per heavy atom. The standard InChI is InChI=1S/C13H15N3O2/c1-14-12(17)10-7-18-13-9(10)6-8-4-2-3-5-15-11(8)16-13/h2-3,5,9-10H,4,6-7H2,1H3,(H,14,17). The molecule has 0 saturated carbocycles. The van der Waals surface area contributed by atoms with Gasteiger partial charge >= 0.3 is 0 Å². The Kier molecular flexibility index (Phi) is 2.74. The van der Waals surface area contributed by atoms with Crippen LogP contribution in [-0.2, 0) is 9.53 Å². The molecule has 1 amide bonds. The van der Waals surface area contributed by atoms with Gasteiger partial charge in [-0.3, -0.25) is 4.79 Å². The van der Waals surface area contributed by atoms with Gasteiger partial charge in [-0.2, -0.15) is 4.99 Å². The molecule has 0 aromatic heterocycles. The first-order valence-electron chi connectivity index (χ1n) is 6.14. The van der Waals surface area contributed by atoms with Gasteiger partial charge in [0.1, 0.15) is 6.61 Å². The maximum atomic E-state index is 11.8. The van der Waals surface area contributed by atoms with Crippen LogP contribution in [0.15, 0.2) is 33.5 Å². The molecule has 0 radical (unpaired) electrons. The number of rotatable bonds is 1. The van der Waals surface area contributed by atoms with Crippen LogP contribution >= 0.6 is 0 Å². The summed E-state index contributed by atoms with van der Waals surface area (Å²) in [5.74, 6) is 1.40. The molecule has 94 valence electrons. The van der Waals surface area contributed by atoms with Gasteiger partial charge in [0.25, 0.3) is 0 Å². The number of nitrogens with one attached hydrogen (secondary N) is 1. The highest BCUT2D eigenvalue weighted by Gasteiger charge is 2.42. The third kappa shape index (κ3) is 1.75. The number of nitrogens with zero attached hydrogens (tertiary/aromatic N) is 2. The summed E-state index contributed by atoms with van der Waals surface area (Å²) >= 11 is 0. The summed E-state index contributed by atoms with van der Waals surface area (Å²) in [6.07, 6.45) is 7.40. The first-order valence-corrected chi connectivity index (χ1v) is 6.14. The molecule has 3 aliphatic rings. The number of hydrogen-bond donors (Lipinski definition) is 1. The minimum Gasteiger partial charge on any atom is -0.480 e.